The summed E-state index contributed by atoms with van der Waals surface area (Å²) in [7, 11) is -3.48. The van der Waals surface area contributed by atoms with E-state index in [9.17, 15) is 22.0 Å². The molecule has 0 radical (unpaired) electrons. The molecule has 192 valence electrons. The lowest BCUT2D eigenvalue weighted by molar-refractivity contribution is -0.0220. The first-order valence-corrected chi connectivity index (χ1v) is 13.7. The fourth-order valence-corrected chi connectivity index (χ4v) is 5.16. The molecule has 0 bridgehead atoms. The van der Waals surface area contributed by atoms with E-state index in [1.807, 2.05) is 30.0 Å². The van der Waals surface area contributed by atoms with Crippen molar-refractivity contribution in [2.75, 3.05) is 48.6 Å². The van der Waals surface area contributed by atoms with Gasteiger partial charge in [-0.3, -0.25) is 9.62 Å². The molecule has 2 aromatic rings. The third-order valence-electron chi connectivity index (χ3n) is 6.34. The largest absolute Gasteiger partial charge is 0.370 e. The average molecular weight is 531 g/mol. The van der Waals surface area contributed by atoms with Crippen LogP contribution in [0.1, 0.15) is 25.3 Å². The number of alkyl halides is 2. The molecule has 2 fully saturated rings. The van der Waals surface area contributed by atoms with Crippen molar-refractivity contribution in [1.29, 1.82) is 0 Å². The molecule has 0 aliphatic carbocycles. The van der Waals surface area contributed by atoms with E-state index in [4.69, 9.17) is 11.6 Å². The van der Waals surface area contributed by atoms with Crippen molar-refractivity contribution in [1.82, 2.24) is 19.6 Å². The van der Waals surface area contributed by atoms with Crippen LogP contribution in [0.3, 0.4) is 0 Å². The van der Waals surface area contributed by atoms with Gasteiger partial charge in [-0.15, -0.1) is 5.10 Å². The third-order valence-corrected chi connectivity index (χ3v) is 7.24. The number of rotatable bonds is 5. The predicted octanol–water partition coefficient (Wildman–Crippen LogP) is 3.32. The maximum absolute atomic E-state index is 13.6. The molecule has 4 rings (SSSR count). The van der Waals surface area contributed by atoms with Crippen LogP contribution in [-0.2, 0) is 16.6 Å². The van der Waals surface area contributed by atoms with Crippen molar-refractivity contribution in [2.45, 2.75) is 38.3 Å². The van der Waals surface area contributed by atoms with Gasteiger partial charge in [0.05, 0.1) is 17.0 Å². The summed E-state index contributed by atoms with van der Waals surface area (Å²) in [6.45, 7) is 4.81. The minimum atomic E-state index is -3.48. The van der Waals surface area contributed by atoms with E-state index in [0.717, 1.165) is 22.2 Å². The summed E-state index contributed by atoms with van der Waals surface area (Å²) in [5, 5.41) is 4.56. The first kappa shape index (κ1) is 25.6. The van der Waals surface area contributed by atoms with Crippen LogP contribution in [0.5, 0.6) is 0 Å². The molecule has 35 heavy (non-hydrogen) atoms. The van der Waals surface area contributed by atoms with Crippen LogP contribution in [0.15, 0.2) is 30.5 Å². The highest BCUT2D eigenvalue weighted by molar-refractivity contribution is 7.92. The van der Waals surface area contributed by atoms with Gasteiger partial charge in [0.25, 0.3) is 5.92 Å². The van der Waals surface area contributed by atoms with Crippen molar-refractivity contribution in [3.63, 3.8) is 0 Å². The summed E-state index contributed by atoms with van der Waals surface area (Å²) >= 11 is 6.39. The zero-order valence-corrected chi connectivity index (χ0v) is 21.2. The molecule has 13 heteroatoms. The number of sulfonamides is 1. The van der Waals surface area contributed by atoms with Gasteiger partial charge in [-0.25, -0.2) is 22.0 Å². The second kappa shape index (κ2) is 9.90. The zero-order valence-electron chi connectivity index (χ0n) is 19.6. The lowest BCUT2D eigenvalue weighted by Gasteiger charge is -2.39. The van der Waals surface area contributed by atoms with Crippen molar-refractivity contribution >= 4 is 39.2 Å². The van der Waals surface area contributed by atoms with Gasteiger partial charge >= 0.3 is 6.03 Å². The Labute approximate surface area is 208 Å². The molecular weight excluding hydrogens is 502 g/mol. The number of hydrogen-bond donors (Lipinski definition) is 1. The van der Waals surface area contributed by atoms with E-state index in [0.29, 0.717) is 31.2 Å². The first-order valence-electron chi connectivity index (χ1n) is 11.4. The van der Waals surface area contributed by atoms with Crippen molar-refractivity contribution in [2.24, 2.45) is 0 Å². The quantitative estimate of drug-likeness (QED) is 0.638. The Bertz CT molecular complexity index is 1180. The van der Waals surface area contributed by atoms with Gasteiger partial charge in [-0.2, -0.15) is 4.68 Å². The second-order valence-electron chi connectivity index (χ2n) is 9.20. The van der Waals surface area contributed by atoms with Gasteiger partial charge in [-0.05, 0) is 24.6 Å². The van der Waals surface area contributed by atoms with Gasteiger partial charge in [0.2, 0.25) is 10.0 Å². The van der Waals surface area contributed by atoms with E-state index in [-0.39, 0.29) is 43.8 Å². The van der Waals surface area contributed by atoms with Crippen LogP contribution in [0, 0.1) is 0 Å². The predicted molar refractivity (Wildman–Crippen MR) is 131 cm³/mol. The summed E-state index contributed by atoms with van der Waals surface area (Å²) < 4.78 is 53.2. The number of carbonyl (C=O) groups is 1. The topological polar surface area (TPSA) is 90.8 Å². The van der Waals surface area contributed by atoms with Gasteiger partial charge in [0, 0.05) is 70.4 Å². The van der Waals surface area contributed by atoms with Crippen molar-refractivity contribution < 1.29 is 22.0 Å². The number of nitrogens with zero attached hydrogens (tertiary/aromatic N) is 5. The van der Waals surface area contributed by atoms with E-state index in [1.165, 1.54) is 12.3 Å². The number of piperidine rings is 1. The minimum absolute atomic E-state index is 0.0599. The van der Waals surface area contributed by atoms with Crippen LogP contribution in [0.2, 0.25) is 5.02 Å². The Hall–Kier alpha value is -2.44. The third kappa shape index (κ3) is 6.42. The molecule has 1 aromatic heterocycles. The van der Waals surface area contributed by atoms with E-state index in [2.05, 4.69) is 14.7 Å². The Morgan fingerprint density at radius 3 is 2.57 bits per heavy atom. The van der Waals surface area contributed by atoms with Crippen LogP contribution in [0.25, 0.3) is 0 Å². The first-order chi connectivity index (χ1) is 16.4. The van der Waals surface area contributed by atoms with Crippen LogP contribution >= 0.6 is 11.6 Å². The summed E-state index contributed by atoms with van der Waals surface area (Å²) in [4.78, 5) is 18.7. The van der Waals surface area contributed by atoms with E-state index >= 15 is 0 Å². The molecule has 0 spiro atoms. The van der Waals surface area contributed by atoms with Crippen LogP contribution in [0.4, 0.5) is 25.1 Å². The number of halogens is 3. The molecule has 2 aliphatic heterocycles. The smallest absolute Gasteiger partial charge is 0.344 e. The Balaban J connectivity index is 1.37. The summed E-state index contributed by atoms with van der Waals surface area (Å²) in [5.41, 5.74) is 1.80. The maximum Gasteiger partial charge on any atom is 0.344 e. The molecular formula is C22H29ClF2N6O3S. The summed E-state index contributed by atoms with van der Waals surface area (Å²) in [5.74, 6) is -2.53. The number of anilines is 2. The Morgan fingerprint density at radius 1 is 1.20 bits per heavy atom. The fraction of sp³-hybridized carbons (Fsp3) is 0.545. The molecule has 2 saturated heterocycles. The van der Waals surface area contributed by atoms with Crippen LogP contribution < -0.4 is 9.62 Å². The SMILES string of the molecule is C[C@@H]1CN(C(=O)n2ccc(NS(C)(=O)=O)n2)CCN1Cc1ccc(Cl)c(N2CCC(F)(F)CC2)c1. The summed E-state index contributed by atoms with van der Waals surface area (Å²) in [6, 6.07) is 6.88. The number of carbonyl (C=O) groups excluding carboxylic acids is 1. The monoisotopic (exact) mass is 530 g/mol. The van der Waals surface area contributed by atoms with Gasteiger partial charge < -0.3 is 9.80 Å². The maximum atomic E-state index is 13.6. The lowest BCUT2D eigenvalue weighted by Crippen LogP contribution is -2.54. The van der Waals surface area contributed by atoms with E-state index in [1.54, 1.807) is 4.90 Å². The van der Waals surface area contributed by atoms with Gasteiger partial charge in [0.15, 0.2) is 5.82 Å². The second-order valence-corrected chi connectivity index (χ2v) is 11.4. The van der Waals surface area contributed by atoms with Crippen LogP contribution in [-0.4, -0.2) is 85.0 Å². The van der Waals surface area contributed by atoms with Crippen molar-refractivity contribution in [3.05, 3.63) is 41.0 Å². The summed E-state index contributed by atoms with van der Waals surface area (Å²) in [6.07, 6.45) is 2.09. The Kier molecular flexibility index (Phi) is 7.26. The molecule has 1 amide bonds. The molecule has 9 nitrogen and oxygen atoms in total. The van der Waals surface area contributed by atoms with Gasteiger partial charge in [0.1, 0.15) is 0 Å². The Morgan fingerprint density at radius 2 is 1.91 bits per heavy atom. The molecule has 3 heterocycles. The fourth-order valence-electron chi connectivity index (χ4n) is 4.43. The highest BCUT2D eigenvalue weighted by atomic mass is 35.5. The molecule has 1 atom stereocenters. The van der Waals surface area contributed by atoms with Gasteiger partial charge in [-0.1, -0.05) is 17.7 Å². The number of piperazine rings is 1. The lowest BCUT2D eigenvalue weighted by atomic mass is 10.0. The highest BCUT2D eigenvalue weighted by Gasteiger charge is 2.34. The highest BCUT2D eigenvalue weighted by Crippen LogP contribution is 2.34. The minimum Gasteiger partial charge on any atom is -0.370 e. The van der Waals surface area contributed by atoms with Crippen molar-refractivity contribution in [3.8, 4) is 0 Å². The number of nitrogens with one attached hydrogen (secondary N) is 1. The number of aromatic nitrogens is 2. The molecule has 1 N–H and O–H groups in total. The standard InChI is InChI=1S/C22H29ClF2N6O3S/c1-16-14-30(21(32)31-8-5-20(26-31)27-35(2,33)34)12-11-29(16)15-17-3-4-18(23)19(13-17)28-9-6-22(24,25)7-10-28/h3-5,8,13,16H,6-7,9-12,14-15H2,1-2H3,(H,26,27)/t16-/m1/s1. The molecule has 0 saturated carbocycles. The molecule has 0 unspecified atom stereocenters. The number of amides is 1. The van der Waals surface area contributed by atoms with E-state index < -0.39 is 15.9 Å². The number of hydrogen-bond acceptors (Lipinski definition) is 6. The average Bonchev–Trinajstić information content (AvgIpc) is 3.23. The molecule has 1 aromatic carbocycles. The zero-order chi connectivity index (χ0) is 25.4. The normalized spacial score (nSPS) is 21.2. The number of benzene rings is 1. The molecule has 2 aliphatic rings.